The smallest absolute Gasteiger partial charge is 0.243 e. The Labute approximate surface area is 75.4 Å². The van der Waals surface area contributed by atoms with Crippen molar-refractivity contribution in [3.63, 3.8) is 0 Å². The largest absolute Gasteiger partial charge is 0.353 e. The van der Waals surface area contributed by atoms with Crippen molar-refractivity contribution >= 4 is 5.91 Å². The molecule has 0 bridgehead atoms. The summed E-state index contributed by atoms with van der Waals surface area (Å²) in [6.07, 6.45) is 2.25. The maximum Gasteiger partial charge on any atom is 0.243 e. The van der Waals surface area contributed by atoms with Gasteiger partial charge in [0.05, 0.1) is 0 Å². The van der Waals surface area contributed by atoms with Gasteiger partial charge in [0.1, 0.15) is 0 Å². The summed E-state index contributed by atoms with van der Waals surface area (Å²) < 4.78 is 0. The standard InChI is InChI=1S/C6H11NO.C3H9N/c1-3-5-7-6(8)4-2;1-4(2)3/h4H,2-3,5H2,1H3,(H,7,8);1-3H3. The lowest BCUT2D eigenvalue weighted by atomic mass is 10.4. The Hall–Kier alpha value is -0.830. The fraction of sp³-hybridized carbons (Fsp3) is 0.667. The first-order valence-electron chi connectivity index (χ1n) is 4.05. The van der Waals surface area contributed by atoms with Crippen molar-refractivity contribution in [2.24, 2.45) is 0 Å². The molecule has 0 unspecified atom stereocenters. The van der Waals surface area contributed by atoms with E-state index in [4.69, 9.17) is 0 Å². The highest BCUT2D eigenvalue weighted by molar-refractivity contribution is 5.86. The molecule has 0 saturated carbocycles. The maximum atomic E-state index is 10.3. The van der Waals surface area contributed by atoms with Gasteiger partial charge in [-0.15, -0.1) is 0 Å². The fourth-order valence-corrected chi connectivity index (χ4v) is 0.320. The molecular formula is C9H20N2O. The first-order valence-corrected chi connectivity index (χ1v) is 4.05. The summed E-state index contributed by atoms with van der Waals surface area (Å²) in [6, 6.07) is 0. The van der Waals surface area contributed by atoms with E-state index >= 15 is 0 Å². The predicted octanol–water partition coefficient (Wildman–Crippen LogP) is 0.876. The van der Waals surface area contributed by atoms with Crippen LogP contribution in [0.15, 0.2) is 12.7 Å². The van der Waals surface area contributed by atoms with Crippen molar-refractivity contribution in [3.8, 4) is 0 Å². The molecular weight excluding hydrogens is 152 g/mol. The molecule has 0 rings (SSSR count). The lowest BCUT2D eigenvalue weighted by molar-refractivity contribution is -0.116. The molecule has 0 aliphatic carbocycles. The highest BCUT2D eigenvalue weighted by Crippen LogP contribution is 1.70. The van der Waals surface area contributed by atoms with Gasteiger partial charge in [0.2, 0.25) is 5.91 Å². The van der Waals surface area contributed by atoms with Crippen molar-refractivity contribution in [3.05, 3.63) is 12.7 Å². The summed E-state index contributed by atoms with van der Waals surface area (Å²) in [5.74, 6) is -0.0909. The number of amides is 1. The predicted molar refractivity (Wildman–Crippen MR) is 53.1 cm³/mol. The van der Waals surface area contributed by atoms with E-state index in [2.05, 4.69) is 11.9 Å². The first-order chi connectivity index (χ1) is 5.54. The van der Waals surface area contributed by atoms with Crippen molar-refractivity contribution in [2.75, 3.05) is 27.7 Å². The Balaban J connectivity index is 0. The molecule has 0 aromatic carbocycles. The minimum absolute atomic E-state index is 0.0909. The minimum atomic E-state index is -0.0909. The molecule has 0 saturated heterocycles. The maximum absolute atomic E-state index is 10.3. The monoisotopic (exact) mass is 172 g/mol. The van der Waals surface area contributed by atoms with Gasteiger partial charge in [0.15, 0.2) is 0 Å². The third kappa shape index (κ3) is 22.9. The van der Waals surface area contributed by atoms with Crippen LogP contribution in [0.5, 0.6) is 0 Å². The number of carbonyl (C=O) groups is 1. The van der Waals surface area contributed by atoms with Gasteiger partial charge in [0, 0.05) is 6.54 Å². The first kappa shape index (κ1) is 13.7. The van der Waals surface area contributed by atoms with E-state index in [1.807, 2.05) is 33.0 Å². The SMILES string of the molecule is C=CC(=O)NCCC.CN(C)C. The van der Waals surface area contributed by atoms with Crippen LogP contribution in [-0.4, -0.2) is 38.5 Å². The van der Waals surface area contributed by atoms with Gasteiger partial charge < -0.3 is 10.2 Å². The zero-order chi connectivity index (χ0) is 9.98. The van der Waals surface area contributed by atoms with Crippen LogP contribution >= 0.6 is 0 Å². The number of nitrogens with one attached hydrogen (secondary N) is 1. The molecule has 1 amide bonds. The highest BCUT2D eigenvalue weighted by atomic mass is 16.1. The van der Waals surface area contributed by atoms with Gasteiger partial charge in [-0.3, -0.25) is 4.79 Å². The summed E-state index contributed by atoms with van der Waals surface area (Å²) in [5.41, 5.74) is 0. The molecule has 0 heterocycles. The number of carbonyl (C=O) groups excluding carboxylic acids is 1. The number of nitrogens with zero attached hydrogens (tertiary/aromatic N) is 1. The van der Waals surface area contributed by atoms with Crippen LogP contribution in [0.2, 0.25) is 0 Å². The van der Waals surface area contributed by atoms with Crippen molar-refractivity contribution in [1.29, 1.82) is 0 Å². The van der Waals surface area contributed by atoms with Crippen LogP contribution in [0.3, 0.4) is 0 Å². The Morgan fingerprint density at radius 1 is 1.50 bits per heavy atom. The van der Waals surface area contributed by atoms with E-state index in [1.54, 1.807) is 0 Å². The number of rotatable bonds is 3. The third-order valence-electron chi connectivity index (χ3n) is 0.735. The second-order valence-electron chi connectivity index (χ2n) is 2.84. The van der Waals surface area contributed by atoms with Crippen molar-refractivity contribution in [2.45, 2.75) is 13.3 Å². The average Bonchev–Trinajstić information content (AvgIpc) is 1.99. The van der Waals surface area contributed by atoms with E-state index in [9.17, 15) is 4.79 Å². The molecule has 0 aromatic rings. The second-order valence-corrected chi connectivity index (χ2v) is 2.84. The van der Waals surface area contributed by atoms with Crippen LogP contribution in [0.25, 0.3) is 0 Å². The van der Waals surface area contributed by atoms with Crippen LogP contribution in [0.4, 0.5) is 0 Å². The molecule has 12 heavy (non-hydrogen) atoms. The van der Waals surface area contributed by atoms with Crippen molar-refractivity contribution < 1.29 is 4.79 Å². The van der Waals surface area contributed by atoms with Crippen LogP contribution in [-0.2, 0) is 4.79 Å². The Bertz CT molecular complexity index is 119. The summed E-state index contributed by atoms with van der Waals surface area (Å²) >= 11 is 0. The molecule has 0 aromatic heterocycles. The van der Waals surface area contributed by atoms with E-state index in [1.165, 1.54) is 6.08 Å². The topological polar surface area (TPSA) is 32.3 Å². The zero-order valence-electron chi connectivity index (χ0n) is 8.55. The second kappa shape index (κ2) is 10.2. The van der Waals surface area contributed by atoms with E-state index in [0.29, 0.717) is 0 Å². The highest BCUT2D eigenvalue weighted by Gasteiger charge is 1.86. The molecule has 3 nitrogen and oxygen atoms in total. The van der Waals surface area contributed by atoms with Gasteiger partial charge in [-0.25, -0.2) is 0 Å². The minimum Gasteiger partial charge on any atom is -0.353 e. The molecule has 0 spiro atoms. The Kier molecular flexibility index (Phi) is 11.6. The lowest BCUT2D eigenvalue weighted by Gasteiger charge is -1.94. The van der Waals surface area contributed by atoms with Crippen LogP contribution < -0.4 is 5.32 Å². The molecule has 0 atom stereocenters. The summed E-state index contributed by atoms with van der Waals surface area (Å²) in [7, 11) is 6.00. The molecule has 0 fully saturated rings. The summed E-state index contributed by atoms with van der Waals surface area (Å²) in [5, 5.41) is 2.62. The van der Waals surface area contributed by atoms with Gasteiger partial charge in [-0.05, 0) is 33.6 Å². The van der Waals surface area contributed by atoms with E-state index in [0.717, 1.165) is 13.0 Å². The van der Waals surface area contributed by atoms with E-state index < -0.39 is 0 Å². The molecule has 72 valence electrons. The molecule has 0 radical (unpaired) electrons. The molecule has 0 aliphatic rings. The molecule has 0 aliphatic heterocycles. The zero-order valence-corrected chi connectivity index (χ0v) is 8.55. The van der Waals surface area contributed by atoms with Gasteiger partial charge in [-0.1, -0.05) is 13.5 Å². The van der Waals surface area contributed by atoms with Gasteiger partial charge in [0.25, 0.3) is 0 Å². The fourth-order valence-electron chi connectivity index (χ4n) is 0.320. The van der Waals surface area contributed by atoms with Crippen LogP contribution in [0, 0.1) is 0 Å². The van der Waals surface area contributed by atoms with Gasteiger partial charge in [-0.2, -0.15) is 0 Å². The lowest BCUT2D eigenvalue weighted by Crippen LogP contribution is -2.20. The van der Waals surface area contributed by atoms with Crippen LogP contribution in [0.1, 0.15) is 13.3 Å². The molecule has 1 N–H and O–H groups in total. The Morgan fingerprint density at radius 3 is 2.17 bits per heavy atom. The van der Waals surface area contributed by atoms with Crippen molar-refractivity contribution in [1.82, 2.24) is 10.2 Å². The van der Waals surface area contributed by atoms with Gasteiger partial charge >= 0.3 is 0 Å². The van der Waals surface area contributed by atoms with E-state index in [-0.39, 0.29) is 5.91 Å². The summed E-state index contributed by atoms with van der Waals surface area (Å²) in [6.45, 7) is 6.05. The number of hydrogen-bond donors (Lipinski definition) is 1. The quantitative estimate of drug-likeness (QED) is 0.641. The molecule has 3 heteroatoms. The summed E-state index contributed by atoms with van der Waals surface area (Å²) in [4.78, 5) is 12.3. The Morgan fingerprint density at radius 2 is 1.92 bits per heavy atom. The normalized spacial score (nSPS) is 8.42. The number of hydrogen-bond acceptors (Lipinski definition) is 2. The average molecular weight is 172 g/mol. The third-order valence-corrected chi connectivity index (χ3v) is 0.735.